The van der Waals surface area contributed by atoms with Gasteiger partial charge in [0, 0.05) is 30.3 Å². The molecule has 1 aliphatic rings. The van der Waals surface area contributed by atoms with Gasteiger partial charge in [-0.2, -0.15) is 5.10 Å². The zero-order valence-electron chi connectivity index (χ0n) is 11.4. The van der Waals surface area contributed by atoms with Crippen molar-refractivity contribution in [2.75, 3.05) is 18.0 Å². The van der Waals surface area contributed by atoms with Gasteiger partial charge in [0.05, 0.1) is 5.69 Å². The van der Waals surface area contributed by atoms with Crippen LogP contribution in [0.3, 0.4) is 0 Å². The molecule has 2 aromatic rings. The molecule has 0 spiro atoms. The lowest BCUT2D eigenvalue weighted by molar-refractivity contribution is 0.591. The quantitative estimate of drug-likeness (QED) is 0.796. The summed E-state index contributed by atoms with van der Waals surface area (Å²) in [6.45, 7) is 6.44. The first-order valence-electron chi connectivity index (χ1n) is 6.88. The van der Waals surface area contributed by atoms with Crippen LogP contribution in [0.15, 0.2) is 18.5 Å². The van der Waals surface area contributed by atoms with E-state index in [9.17, 15) is 0 Å². The highest BCUT2D eigenvalue weighted by molar-refractivity contribution is 9.09. The average molecular weight is 323 g/mol. The van der Waals surface area contributed by atoms with Crippen molar-refractivity contribution in [2.45, 2.75) is 37.4 Å². The molecule has 1 aliphatic heterocycles. The summed E-state index contributed by atoms with van der Waals surface area (Å²) in [4.78, 5) is 7.51. The first-order valence-corrected chi connectivity index (χ1v) is 7.80. The van der Waals surface area contributed by atoms with Crippen LogP contribution < -0.4 is 4.90 Å². The van der Waals surface area contributed by atoms with E-state index in [0.29, 0.717) is 10.7 Å². The van der Waals surface area contributed by atoms with Gasteiger partial charge in [-0.3, -0.25) is 0 Å². The first kappa shape index (κ1) is 12.9. The topological polar surface area (TPSA) is 33.4 Å². The molecule has 0 saturated carbocycles. The van der Waals surface area contributed by atoms with E-state index in [-0.39, 0.29) is 0 Å². The minimum Gasteiger partial charge on any atom is -0.354 e. The molecule has 19 heavy (non-hydrogen) atoms. The molecule has 102 valence electrons. The maximum Gasteiger partial charge on any atom is 0.154 e. The first-order chi connectivity index (χ1) is 9.15. The molecule has 0 aromatic carbocycles. The average Bonchev–Trinajstić information content (AvgIpc) is 2.82. The van der Waals surface area contributed by atoms with Gasteiger partial charge in [0.2, 0.25) is 0 Å². The number of halogens is 1. The number of piperidine rings is 1. The largest absolute Gasteiger partial charge is 0.354 e. The molecule has 4 nitrogen and oxygen atoms in total. The standard InChI is InChI=1S/C14H19BrN4/c1-10(2)12-8-13-14(16-5-7-19(13)17-12)18-6-3-4-11(15)9-18/h5,7-8,10-11H,3-4,6,9H2,1-2H3. The summed E-state index contributed by atoms with van der Waals surface area (Å²) in [7, 11) is 0. The Morgan fingerprint density at radius 1 is 1.42 bits per heavy atom. The van der Waals surface area contributed by atoms with Crippen LogP contribution in [0.5, 0.6) is 0 Å². The number of hydrogen-bond donors (Lipinski definition) is 0. The van der Waals surface area contributed by atoms with E-state index in [1.807, 2.05) is 16.9 Å². The number of alkyl halides is 1. The minimum absolute atomic E-state index is 0.443. The molecule has 0 radical (unpaired) electrons. The number of fused-ring (bicyclic) bond motifs is 1. The zero-order chi connectivity index (χ0) is 13.4. The second-order valence-electron chi connectivity index (χ2n) is 5.49. The van der Waals surface area contributed by atoms with Crippen LogP contribution in [0.4, 0.5) is 5.82 Å². The Hall–Kier alpha value is -1.10. The van der Waals surface area contributed by atoms with Crippen molar-refractivity contribution in [1.29, 1.82) is 0 Å². The molecule has 5 heteroatoms. The zero-order valence-corrected chi connectivity index (χ0v) is 13.0. The molecule has 0 N–H and O–H groups in total. The Balaban J connectivity index is 2.02. The fraction of sp³-hybridized carbons (Fsp3) is 0.571. The third-order valence-electron chi connectivity index (χ3n) is 3.64. The van der Waals surface area contributed by atoms with Crippen molar-refractivity contribution in [3.8, 4) is 0 Å². The maximum absolute atomic E-state index is 4.63. The van der Waals surface area contributed by atoms with Gasteiger partial charge in [-0.1, -0.05) is 29.8 Å². The predicted molar refractivity (Wildman–Crippen MR) is 81.2 cm³/mol. The van der Waals surface area contributed by atoms with Gasteiger partial charge in [0.15, 0.2) is 5.82 Å². The summed E-state index contributed by atoms with van der Waals surface area (Å²) < 4.78 is 1.95. The number of rotatable bonds is 2. The molecule has 0 aliphatic carbocycles. The third-order valence-corrected chi connectivity index (χ3v) is 4.39. The van der Waals surface area contributed by atoms with E-state index in [0.717, 1.165) is 30.1 Å². The van der Waals surface area contributed by atoms with Gasteiger partial charge in [-0.15, -0.1) is 0 Å². The number of hydrogen-bond acceptors (Lipinski definition) is 3. The van der Waals surface area contributed by atoms with Crippen LogP contribution in [0, 0.1) is 0 Å². The van der Waals surface area contributed by atoms with Crippen molar-refractivity contribution in [1.82, 2.24) is 14.6 Å². The lowest BCUT2D eigenvalue weighted by atomic mass is 10.1. The highest BCUT2D eigenvalue weighted by Gasteiger charge is 2.21. The second-order valence-corrected chi connectivity index (χ2v) is 6.79. The predicted octanol–water partition coefficient (Wildman–Crippen LogP) is 3.22. The molecule has 1 saturated heterocycles. The van der Waals surface area contributed by atoms with Crippen molar-refractivity contribution in [2.24, 2.45) is 0 Å². The molecule has 2 aromatic heterocycles. The van der Waals surface area contributed by atoms with Crippen LogP contribution >= 0.6 is 15.9 Å². The lowest BCUT2D eigenvalue weighted by Gasteiger charge is -2.31. The van der Waals surface area contributed by atoms with Gasteiger partial charge in [-0.25, -0.2) is 9.50 Å². The van der Waals surface area contributed by atoms with Crippen LogP contribution in [-0.4, -0.2) is 32.5 Å². The molecule has 0 bridgehead atoms. The molecule has 3 rings (SSSR count). The Bertz CT molecular complexity index is 578. The van der Waals surface area contributed by atoms with E-state index >= 15 is 0 Å². The van der Waals surface area contributed by atoms with Crippen molar-refractivity contribution < 1.29 is 0 Å². The van der Waals surface area contributed by atoms with Gasteiger partial charge in [0.1, 0.15) is 5.52 Å². The Morgan fingerprint density at radius 2 is 2.26 bits per heavy atom. The molecular formula is C14H19BrN4. The summed E-state index contributed by atoms with van der Waals surface area (Å²) in [5.74, 6) is 1.50. The Labute approximate surface area is 121 Å². The van der Waals surface area contributed by atoms with E-state index < -0.39 is 0 Å². The molecule has 1 atom stereocenters. The van der Waals surface area contributed by atoms with Gasteiger partial charge in [0.25, 0.3) is 0 Å². The minimum atomic E-state index is 0.443. The maximum atomic E-state index is 4.63. The van der Waals surface area contributed by atoms with E-state index in [4.69, 9.17) is 0 Å². The number of nitrogens with zero attached hydrogens (tertiary/aromatic N) is 4. The second kappa shape index (κ2) is 5.12. The molecule has 3 heterocycles. The lowest BCUT2D eigenvalue weighted by Crippen LogP contribution is -2.36. The monoisotopic (exact) mass is 322 g/mol. The molecular weight excluding hydrogens is 304 g/mol. The summed E-state index contributed by atoms with van der Waals surface area (Å²) in [5, 5.41) is 4.63. The van der Waals surface area contributed by atoms with E-state index in [1.165, 1.54) is 12.8 Å². The Morgan fingerprint density at radius 3 is 3.00 bits per heavy atom. The highest BCUT2D eigenvalue weighted by atomic mass is 79.9. The normalized spacial score (nSPS) is 20.4. The summed E-state index contributed by atoms with van der Waals surface area (Å²) in [6.07, 6.45) is 6.23. The third kappa shape index (κ3) is 2.48. The van der Waals surface area contributed by atoms with Crippen molar-refractivity contribution >= 4 is 27.3 Å². The fourth-order valence-electron chi connectivity index (χ4n) is 2.57. The van der Waals surface area contributed by atoms with Gasteiger partial charge in [-0.05, 0) is 24.8 Å². The van der Waals surface area contributed by atoms with E-state index in [2.05, 4.69) is 50.8 Å². The number of aromatic nitrogens is 3. The summed E-state index contributed by atoms with van der Waals surface area (Å²) >= 11 is 3.73. The number of anilines is 1. The van der Waals surface area contributed by atoms with Crippen LogP contribution in [0.25, 0.3) is 5.52 Å². The van der Waals surface area contributed by atoms with Crippen LogP contribution in [-0.2, 0) is 0 Å². The summed E-state index contributed by atoms with van der Waals surface area (Å²) in [5.41, 5.74) is 2.24. The molecule has 0 amide bonds. The molecule has 1 unspecified atom stereocenters. The smallest absolute Gasteiger partial charge is 0.154 e. The highest BCUT2D eigenvalue weighted by Crippen LogP contribution is 2.26. The van der Waals surface area contributed by atoms with Gasteiger partial charge < -0.3 is 4.90 Å². The Kier molecular flexibility index (Phi) is 3.48. The van der Waals surface area contributed by atoms with Crippen LogP contribution in [0.1, 0.15) is 38.3 Å². The summed E-state index contributed by atoms with van der Waals surface area (Å²) in [6, 6.07) is 2.17. The van der Waals surface area contributed by atoms with Crippen molar-refractivity contribution in [3.63, 3.8) is 0 Å². The van der Waals surface area contributed by atoms with Crippen LogP contribution in [0.2, 0.25) is 0 Å². The van der Waals surface area contributed by atoms with Crippen molar-refractivity contribution in [3.05, 3.63) is 24.2 Å². The fourth-order valence-corrected chi connectivity index (χ4v) is 3.24. The molecule has 1 fully saturated rings. The van der Waals surface area contributed by atoms with E-state index in [1.54, 1.807) is 0 Å². The van der Waals surface area contributed by atoms with Gasteiger partial charge >= 0.3 is 0 Å². The SMILES string of the molecule is CC(C)c1cc2c(N3CCCC(Br)C3)nccn2n1.